The predicted octanol–water partition coefficient (Wildman–Crippen LogP) is 0.233. The molecular formula is C10H12N2O3. The Balaban J connectivity index is 2.26. The molecule has 1 rings (SSSR count). The molecule has 5 heteroatoms. The number of para-hydroxylation sites is 1. The lowest BCUT2D eigenvalue weighted by atomic mass is 10.3. The molecule has 15 heavy (non-hydrogen) atoms. The highest BCUT2D eigenvalue weighted by Crippen LogP contribution is 2.05. The van der Waals surface area contributed by atoms with Crippen LogP contribution in [0.4, 0.5) is 0 Å². The van der Waals surface area contributed by atoms with Crippen LogP contribution in [0, 0.1) is 0 Å². The van der Waals surface area contributed by atoms with E-state index in [2.05, 4.69) is 10.8 Å². The first-order valence-corrected chi connectivity index (χ1v) is 4.43. The molecule has 0 aliphatic carbocycles. The van der Waals surface area contributed by atoms with E-state index in [0.29, 0.717) is 5.75 Å². The molecule has 0 fully saturated rings. The second-order valence-corrected chi connectivity index (χ2v) is 2.85. The molecule has 0 unspecified atom stereocenters. The first-order valence-electron chi connectivity index (χ1n) is 4.43. The largest absolute Gasteiger partial charge is 0.379 e. The van der Waals surface area contributed by atoms with E-state index in [-0.39, 0.29) is 12.5 Å². The van der Waals surface area contributed by atoms with Gasteiger partial charge in [-0.15, -0.1) is 0 Å². The van der Waals surface area contributed by atoms with Crippen LogP contribution in [0.1, 0.15) is 6.92 Å². The Morgan fingerprint density at radius 3 is 2.53 bits per heavy atom. The number of rotatable bonds is 4. The minimum absolute atomic E-state index is 0.0951. The molecule has 0 spiro atoms. The van der Waals surface area contributed by atoms with Gasteiger partial charge in [0.15, 0.2) is 5.75 Å². The van der Waals surface area contributed by atoms with Crippen molar-refractivity contribution in [2.24, 2.45) is 0 Å². The van der Waals surface area contributed by atoms with E-state index in [4.69, 9.17) is 4.84 Å². The highest BCUT2D eigenvalue weighted by atomic mass is 16.7. The topological polar surface area (TPSA) is 67.4 Å². The van der Waals surface area contributed by atoms with E-state index in [1.807, 2.05) is 6.07 Å². The molecule has 1 aromatic rings. The van der Waals surface area contributed by atoms with Gasteiger partial charge in [0.05, 0.1) is 6.54 Å². The van der Waals surface area contributed by atoms with E-state index < -0.39 is 5.91 Å². The van der Waals surface area contributed by atoms with E-state index in [0.717, 1.165) is 0 Å². The van der Waals surface area contributed by atoms with Crippen LogP contribution < -0.4 is 15.6 Å². The fourth-order valence-electron chi connectivity index (χ4n) is 0.845. The lowest BCUT2D eigenvalue weighted by Gasteiger charge is -2.06. The SMILES string of the molecule is CC(=O)NCC(=O)NOc1ccccc1. The van der Waals surface area contributed by atoms with Crippen molar-refractivity contribution in [3.05, 3.63) is 30.3 Å². The van der Waals surface area contributed by atoms with Crippen molar-refractivity contribution in [3.63, 3.8) is 0 Å². The third-order valence-corrected chi connectivity index (χ3v) is 1.52. The zero-order valence-electron chi connectivity index (χ0n) is 8.32. The van der Waals surface area contributed by atoms with Gasteiger partial charge in [-0.05, 0) is 12.1 Å². The van der Waals surface area contributed by atoms with Crippen molar-refractivity contribution in [3.8, 4) is 5.75 Å². The molecule has 0 saturated heterocycles. The van der Waals surface area contributed by atoms with Gasteiger partial charge in [0.1, 0.15) is 0 Å². The number of amides is 2. The van der Waals surface area contributed by atoms with Crippen molar-refractivity contribution >= 4 is 11.8 Å². The predicted molar refractivity (Wildman–Crippen MR) is 53.9 cm³/mol. The molecule has 0 atom stereocenters. The maximum Gasteiger partial charge on any atom is 0.271 e. The second kappa shape index (κ2) is 5.64. The van der Waals surface area contributed by atoms with Crippen molar-refractivity contribution in [1.29, 1.82) is 0 Å². The lowest BCUT2D eigenvalue weighted by molar-refractivity contribution is -0.129. The molecule has 80 valence electrons. The van der Waals surface area contributed by atoms with Crippen LogP contribution in [0.2, 0.25) is 0 Å². The van der Waals surface area contributed by atoms with Gasteiger partial charge in [-0.3, -0.25) is 9.59 Å². The smallest absolute Gasteiger partial charge is 0.271 e. The van der Waals surface area contributed by atoms with Crippen LogP contribution in [-0.4, -0.2) is 18.4 Å². The summed E-state index contributed by atoms with van der Waals surface area (Å²) in [7, 11) is 0. The standard InChI is InChI=1S/C10H12N2O3/c1-8(13)11-7-10(14)12-15-9-5-3-2-4-6-9/h2-6H,7H2,1H3,(H,11,13)(H,12,14). The Morgan fingerprint density at radius 1 is 1.27 bits per heavy atom. The highest BCUT2D eigenvalue weighted by Gasteiger charge is 2.01. The average Bonchev–Trinajstić information content (AvgIpc) is 2.25. The third-order valence-electron chi connectivity index (χ3n) is 1.52. The van der Waals surface area contributed by atoms with Crippen LogP contribution >= 0.6 is 0 Å². The normalized spacial score (nSPS) is 9.13. The molecule has 5 nitrogen and oxygen atoms in total. The Kier molecular flexibility index (Phi) is 4.15. The molecule has 0 aliphatic heterocycles. The molecule has 2 N–H and O–H groups in total. The van der Waals surface area contributed by atoms with Gasteiger partial charge in [0.2, 0.25) is 5.91 Å². The number of carbonyl (C=O) groups excluding carboxylic acids is 2. The van der Waals surface area contributed by atoms with Gasteiger partial charge in [0.25, 0.3) is 5.91 Å². The molecule has 0 heterocycles. The summed E-state index contributed by atoms with van der Waals surface area (Å²) in [6, 6.07) is 8.83. The molecule has 0 saturated carbocycles. The van der Waals surface area contributed by atoms with Crippen molar-refractivity contribution in [1.82, 2.24) is 10.8 Å². The first kappa shape index (κ1) is 11.0. The van der Waals surface area contributed by atoms with Crippen LogP contribution in [0.25, 0.3) is 0 Å². The lowest BCUT2D eigenvalue weighted by Crippen LogP contribution is -2.37. The summed E-state index contributed by atoms with van der Waals surface area (Å²) >= 11 is 0. The van der Waals surface area contributed by atoms with Crippen molar-refractivity contribution in [2.75, 3.05) is 6.54 Å². The Hall–Kier alpha value is -2.04. The summed E-state index contributed by atoms with van der Waals surface area (Å²) in [6.45, 7) is 1.24. The summed E-state index contributed by atoms with van der Waals surface area (Å²) in [4.78, 5) is 26.5. The molecule has 0 radical (unpaired) electrons. The number of benzene rings is 1. The number of hydroxylamine groups is 1. The molecule has 2 amide bonds. The quantitative estimate of drug-likeness (QED) is 0.696. The monoisotopic (exact) mass is 208 g/mol. The minimum Gasteiger partial charge on any atom is -0.379 e. The number of carbonyl (C=O) groups is 2. The van der Waals surface area contributed by atoms with E-state index >= 15 is 0 Å². The maximum absolute atomic E-state index is 11.1. The van der Waals surface area contributed by atoms with Crippen LogP contribution in [0.5, 0.6) is 5.75 Å². The molecule has 0 aromatic heterocycles. The molecule has 1 aromatic carbocycles. The van der Waals surface area contributed by atoms with Gasteiger partial charge in [-0.1, -0.05) is 18.2 Å². The fourth-order valence-corrected chi connectivity index (χ4v) is 0.845. The van der Waals surface area contributed by atoms with Gasteiger partial charge in [-0.2, -0.15) is 5.48 Å². The van der Waals surface area contributed by atoms with Gasteiger partial charge in [-0.25, -0.2) is 0 Å². The average molecular weight is 208 g/mol. The van der Waals surface area contributed by atoms with E-state index in [1.165, 1.54) is 6.92 Å². The fraction of sp³-hybridized carbons (Fsp3) is 0.200. The summed E-state index contributed by atoms with van der Waals surface area (Å²) in [5.74, 6) is -0.132. The zero-order valence-corrected chi connectivity index (χ0v) is 8.32. The summed E-state index contributed by atoms with van der Waals surface area (Å²) in [6.07, 6.45) is 0. The van der Waals surface area contributed by atoms with E-state index in [1.54, 1.807) is 24.3 Å². The first-order chi connectivity index (χ1) is 7.18. The number of hydrogen-bond acceptors (Lipinski definition) is 3. The third kappa shape index (κ3) is 4.66. The van der Waals surface area contributed by atoms with Crippen LogP contribution in [0.15, 0.2) is 30.3 Å². The Labute approximate surface area is 87.4 Å². The summed E-state index contributed by atoms with van der Waals surface area (Å²) < 4.78 is 0. The Morgan fingerprint density at radius 2 is 1.93 bits per heavy atom. The van der Waals surface area contributed by atoms with Crippen LogP contribution in [0.3, 0.4) is 0 Å². The van der Waals surface area contributed by atoms with Crippen LogP contribution in [-0.2, 0) is 9.59 Å². The van der Waals surface area contributed by atoms with Gasteiger partial charge >= 0.3 is 0 Å². The summed E-state index contributed by atoms with van der Waals surface area (Å²) in [5, 5.41) is 2.35. The minimum atomic E-state index is -0.408. The molecule has 0 aliphatic rings. The van der Waals surface area contributed by atoms with Crippen molar-refractivity contribution < 1.29 is 14.4 Å². The molecular weight excluding hydrogens is 196 g/mol. The second-order valence-electron chi connectivity index (χ2n) is 2.85. The molecule has 0 bridgehead atoms. The van der Waals surface area contributed by atoms with Crippen molar-refractivity contribution in [2.45, 2.75) is 6.92 Å². The zero-order chi connectivity index (χ0) is 11.1. The Bertz CT molecular complexity index is 338. The maximum atomic E-state index is 11.1. The highest BCUT2D eigenvalue weighted by molar-refractivity contribution is 5.83. The van der Waals surface area contributed by atoms with Gasteiger partial charge in [0, 0.05) is 6.92 Å². The van der Waals surface area contributed by atoms with Gasteiger partial charge < -0.3 is 10.2 Å². The number of hydrogen-bond donors (Lipinski definition) is 2. The van der Waals surface area contributed by atoms with E-state index in [9.17, 15) is 9.59 Å². The summed E-state index contributed by atoms with van der Waals surface area (Å²) in [5.41, 5.74) is 2.20. The number of nitrogens with one attached hydrogen (secondary N) is 2.